The highest BCUT2D eigenvalue weighted by molar-refractivity contribution is 5.77. The van der Waals surface area contributed by atoms with E-state index in [1.54, 1.807) is 27.7 Å². The number of hydrogen-bond donors (Lipinski definition) is 1. The molecule has 0 saturated carbocycles. The Labute approximate surface area is 169 Å². The summed E-state index contributed by atoms with van der Waals surface area (Å²) >= 11 is 0. The number of rotatable bonds is 2. The van der Waals surface area contributed by atoms with Gasteiger partial charge in [0.05, 0.1) is 23.3 Å². The number of imidazole rings is 2. The maximum atomic E-state index is 14.4. The standard InChI is InChI=1S/C22H17FN6O/c23-15-7-3-6-14-13(15)5-4-10-18(14)29-20-17(26-22(29)30)11-24-21(27-20)28-12-25-16-8-1-2-9-19(16)28/h1-3,6-9,11-12,18H,4-5,10H2,(H,26,30). The van der Waals surface area contributed by atoms with E-state index >= 15 is 0 Å². The summed E-state index contributed by atoms with van der Waals surface area (Å²) in [5, 5.41) is 0. The van der Waals surface area contributed by atoms with Crippen molar-refractivity contribution in [1.29, 1.82) is 0 Å². The number of hydrogen-bond acceptors (Lipinski definition) is 4. The van der Waals surface area contributed by atoms with E-state index in [2.05, 4.69) is 15.0 Å². The van der Waals surface area contributed by atoms with Crippen molar-refractivity contribution in [2.45, 2.75) is 25.3 Å². The van der Waals surface area contributed by atoms with E-state index in [1.807, 2.05) is 30.3 Å². The van der Waals surface area contributed by atoms with Crippen molar-refractivity contribution in [3.63, 3.8) is 0 Å². The Balaban J connectivity index is 1.57. The van der Waals surface area contributed by atoms with Crippen LogP contribution in [0.1, 0.15) is 30.0 Å². The number of halogens is 1. The lowest BCUT2D eigenvalue weighted by molar-refractivity contribution is 0.471. The first-order valence-corrected chi connectivity index (χ1v) is 9.88. The third kappa shape index (κ3) is 2.43. The lowest BCUT2D eigenvalue weighted by Gasteiger charge is -2.26. The molecule has 8 heteroatoms. The topological polar surface area (TPSA) is 81.4 Å². The number of aromatic nitrogens is 6. The van der Waals surface area contributed by atoms with Gasteiger partial charge in [-0.25, -0.2) is 19.2 Å². The van der Waals surface area contributed by atoms with Crippen LogP contribution in [-0.4, -0.2) is 29.1 Å². The zero-order valence-corrected chi connectivity index (χ0v) is 15.9. The molecule has 3 aromatic heterocycles. The summed E-state index contributed by atoms with van der Waals surface area (Å²) in [7, 11) is 0. The van der Waals surface area contributed by atoms with Crippen LogP contribution < -0.4 is 5.69 Å². The zero-order valence-electron chi connectivity index (χ0n) is 15.9. The molecule has 0 radical (unpaired) electrons. The van der Waals surface area contributed by atoms with E-state index in [1.165, 1.54) is 6.07 Å². The highest BCUT2D eigenvalue weighted by Gasteiger charge is 2.27. The van der Waals surface area contributed by atoms with Gasteiger partial charge in [0.2, 0.25) is 5.95 Å². The van der Waals surface area contributed by atoms with Crippen molar-refractivity contribution >= 4 is 22.2 Å². The van der Waals surface area contributed by atoms with Gasteiger partial charge in [0.1, 0.15) is 17.7 Å². The van der Waals surface area contributed by atoms with Gasteiger partial charge >= 0.3 is 5.69 Å². The van der Waals surface area contributed by atoms with Crippen LogP contribution in [0.4, 0.5) is 4.39 Å². The second-order valence-corrected chi connectivity index (χ2v) is 7.53. The molecule has 0 bridgehead atoms. The smallest absolute Gasteiger partial charge is 0.303 e. The van der Waals surface area contributed by atoms with E-state index < -0.39 is 0 Å². The third-order valence-corrected chi connectivity index (χ3v) is 5.84. The number of H-pyrrole nitrogens is 1. The minimum atomic E-state index is -0.270. The van der Waals surface area contributed by atoms with Crippen LogP contribution in [0.2, 0.25) is 0 Å². The van der Waals surface area contributed by atoms with Gasteiger partial charge in [0.15, 0.2) is 5.65 Å². The highest BCUT2D eigenvalue weighted by atomic mass is 19.1. The average molecular weight is 400 g/mol. The Morgan fingerprint density at radius 3 is 2.93 bits per heavy atom. The molecule has 0 spiro atoms. The lowest BCUT2D eigenvalue weighted by atomic mass is 9.87. The Kier molecular flexibility index (Phi) is 3.61. The molecule has 1 unspecified atom stereocenters. The normalized spacial score (nSPS) is 16.2. The largest absolute Gasteiger partial charge is 0.328 e. The molecule has 0 saturated heterocycles. The maximum absolute atomic E-state index is 14.4. The second kappa shape index (κ2) is 6.35. The molecule has 30 heavy (non-hydrogen) atoms. The van der Waals surface area contributed by atoms with E-state index in [0.29, 0.717) is 29.1 Å². The van der Waals surface area contributed by atoms with Crippen LogP contribution in [0.5, 0.6) is 0 Å². The Bertz CT molecular complexity index is 1480. The molecule has 5 aromatic rings. The first-order valence-electron chi connectivity index (χ1n) is 9.88. The van der Waals surface area contributed by atoms with Gasteiger partial charge in [0.25, 0.3) is 0 Å². The molecule has 6 rings (SSSR count). The Morgan fingerprint density at radius 2 is 2.00 bits per heavy atom. The molecule has 3 heterocycles. The van der Waals surface area contributed by atoms with Crippen molar-refractivity contribution in [2.24, 2.45) is 0 Å². The molecule has 1 aliphatic carbocycles. The lowest BCUT2D eigenvalue weighted by Crippen LogP contribution is -2.27. The molecule has 2 aromatic carbocycles. The summed E-state index contributed by atoms with van der Waals surface area (Å²) in [5.41, 5.74) is 4.04. The molecule has 1 N–H and O–H groups in total. The molecule has 0 aliphatic heterocycles. The fourth-order valence-corrected chi connectivity index (χ4v) is 4.48. The van der Waals surface area contributed by atoms with Crippen LogP contribution in [0, 0.1) is 5.82 Å². The van der Waals surface area contributed by atoms with E-state index in [0.717, 1.165) is 29.4 Å². The predicted octanol–water partition coefficient (Wildman–Crippen LogP) is 3.52. The van der Waals surface area contributed by atoms with Gasteiger partial charge < -0.3 is 4.98 Å². The van der Waals surface area contributed by atoms with Crippen molar-refractivity contribution in [3.8, 4) is 5.95 Å². The molecule has 0 amide bonds. The monoisotopic (exact) mass is 400 g/mol. The van der Waals surface area contributed by atoms with Crippen LogP contribution in [0.25, 0.3) is 28.1 Å². The summed E-state index contributed by atoms with van der Waals surface area (Å²) in [5.74, 6) is 0.213. The molecule has 0 fully saturated rings. The van der Waals surface area contributed by atoms with Crippen LogP contribution in [0.3, 0.4) is 0 Å². The summed E-state index contributed by atoms with van der Waals surface area (Å²) in [6.07, 6.45) is 5.52. The van der Waals surface area contributed by atoms with Crippen molar-refractivity contribution in [3.05, 3.63) is 82.4 Å². The first kappa shape index (κ1) is 17.1. The number of para-hydroxylation sites is 2. The molecule has 1 aliphatic rings. The van der Waals surface area contributed by atoms with Crippen molar-refractivity contribution in [2.75, 3.05) is 0 Å². The minimum Gasteiger partial charge on any atom is -0.303 e. The number of nitrogens with one attached hydrogen (secondary N) is 1. The van der Waals surface area contributed by atoms with Gasteiger partial charge in [-0.1, -0.05) is 24.3 Å². The van der Waals surface area contributed by atoms with Gasteiger partial charge in [-0.15, -0.1) is 0 Å². The molecular formula is C22H17FN6O. The number of nitrogens with zero attached hydrogens (tertiary/aromatic N) is 5. The molecule has 1 atom stereocenters. The van der Waals surface area contributed by atoms with Crippen LogP contribution in [-0.2, 0) is 6.42 Å². The summed E-state index contributed by atoms with van der Waals surface area (Å²) in [6.45, 7) is 0. The quantitative estimate of drug-likeness (QED) is 0.492. The summed E-state index contributed by atoms with van der Waals surface area (Å²) in [4.78, 5) is 29.2. The summed E-state index contributed by atoms with van der Waals surface area (Å²) < 4.78 is 17.8. The van der Waals surface area contributed by atoms with E-state index in [-0.39, 0.29) is 17.5 Å². The number of benzene rings is 2. The fraction of sp³-hybridized carbons (Fsp3) is 0.182. The van der Waals surface area contributed by atoms with Crippen molar-refractivity contribution in [1.82, 2.24) is 29.1 Å². The minimum absolute atomic E-state index is 0.217. The highest BCUT2D eigenvalue weighted by Crippen LogP contribution is 2.34. The van der Waals surface area contributed by atoms with Gasteiger partial charge in [-0.3, -0.25) is 9.13 Å². The third-order valence-electron chi connectivity index (χ3n) is 5.84. The molecule has 148 valence electrons. The first-order chi connectivity index (χ1) is 14.7. The molecule has 7 nitrogen and oxygen atoms in total. The van der Waals surface area contributed by atoms with Crippen molar-refractivity contribution < 1.29 is 4.39 Å². The van der Waals surface area contributed by atoms with E-state index in [4.69, 9.17) is 4.98 Å². The second-order valence-electron chi connectivity index (χ2n) is 7.53. The number of aromatic amines is 1. The van der Waals surface area contributed by atoms with Crippen LogP contribution in [0.15, 0.2) is 59.8 Å². The maximum Gasteiger partial charge on any atom is 0.328 e. The fourth-order valence-electron chi connectivity index (χ4n) is 4.48. The van der Waals surface area contributed by atoms with Gasteiger partial charge in [-0.05, 0) is 48.6 Å². The van der Waals surface area contributed by atoms with Crippen LogP contribution >= 0.6 is 0 Å². The predicted molar refractivity (Wildman–Crippen MR) is 110 cm³/mol. The van der Waals surface area contributed by atoms with Gasteiger partial charge in [0, 0.05) is 0 Å². The SMILES string of the molecule is O=c1[nH]c2cnc(-n3cnc4ccccc43)nc2n1C1CCCc2c(F)cccc21. The average Bonchev–Trinajstić information content (AvgIpc) is 3.33. The van der Waals surface area contributed by atoms with E-state index in [9.17, 15) is 9.18 Å². The van der Waals surface area contributed by atoms with Gasteiger partial charge in [-0.2, -0.15) is 4.98 Å². The molecular weight excluding hydrogens is 383 g/mol. The Hall–Kier alpha value is -3.81. The summed E-state index contributed by atoms with van der Waals surface area (Å²) in [6, 6.07) is 12.5. The zero-order chi connectivity index (χ0) is 20.2. The number of fused-ring (bicyclic) bond motifs is 3. The Morgan fingerprint density at radius 1 is 1.10 bits per heavy atom.